The normalized spacial score (nSPS) is 12.1. The minimum Gasteiger partial charge on any atom is -0.310 e. The number of fused-ring (bicyclic) bond motifs is 10. The van der Waals surface area contributed by atoms with Gasteiger partial charge in [-0.25, -0.2) is 0 Å². The molecule has 6 nitrogen and oxygen atoms in total. The highest BCUT2D eigenvalue weighted by atomic mass is 15.2. The van der Waals surface area contributed by atoms with E-state index in [0.717, 1.165) is 201 Å². The number of aromatic nitrogens is 2. The fourth-order valence-electron chi connectivity index (χ4n) is 20.0. The second-order valence-corrected chi connectivity index (χ2v) is 34.5. The van der Waals surface area contributed by atoms with Gasteiger partial charge in [-0.1, -0.05) is 324 Å². The molecule has 2 aliphatic rings. The van der Waals surface area contributed by atoms with E-state index in [0.29, 0.717) is 11.1 Å². The SMILES string of the molecule is CC(C)(C)c1cc2c3c(c1)N(c1c(-c4cccc(-c5ccccc5)c4)cc(-c4ccc(C#N)cc4)cc1-c1cccc(-c4ccccc4)c1)c1cc(-n4c5ccccc5c5ccccc54)ccc1B3c1ccc(-n3c4ccccc4c4ccccc43)cc1N2c1c(-c2cccc(-c3ccccc3)c2)cc(-c2ccc(C#N)cc2)cc1-c1cccc(-c2ccccc2)c1. The second-order valence-electron chi connectivity index (χ2n) is 34.5. The summed E-state index contributed by atoms with van der Waals surface area (Å²) in [6.07, 6.45) is 0. The molecular weight excluding hydrogens is 1540 g/mol. The lowest BCUT2D eigenvalue weighted by Crippen LogP contribution is -2.61. The molecule has 0 saturated carbocycles. The molecule has 21 aromatic rings. The van der Waals surface area contributed by atoms with Crippen molar-refractivity contribution in [1.82, 2.24) is 9.13 Å². The summed E-state index contributed by atoms with van der Waals surface area (Å²) in [5.41, 5.74) is 39.0. The van der Waals surface area contributed by atoms with E-state index in [9.17, 15) is 10.5 Å². The van der Waals surface area contributed by atoms with Gasteiger partial charge in [0, 0.05) is 77.9 Å². The number of benzene rings is 19. The van der Waals surface area contributed by atoms with E-state index < -0.39 is 12.1 Å². The Kier molecular flexibility index (Phi) is 18.3. The number of nitriles is 2. The number of hydrogen-bond donors (Lipinski definition) is 0. The van der Waals surface area contributed by atoms with Crippen molar-refractivity contribution >= 4 is 101 Å². The third-order valence-electron chi connectivity index (χ3n) is 26.1. The molecule has 19 aromatic carbocycles. The van der Waals surface area contributed by atoms with Gasteiger partial charge < -0.3 is 18.9 Å². The predicted molar refractivity (Wildman–Crippen MR) is 532 cm³/mol. The van der Waals surface area contributed by atoms with Crippen molar-refractivity contribution in [2.75, 3.05) is 9.80 Å². The van der Waals surface area contributed by atoms with Crippen LogP contribution in [0.25, 0.3) is 166 Å². The van der Waals surface area contributed by atoms with Gasteiger partial charge in [-0.05, 0) is 250 Å². The molecule has 2 aromatic heterocycles. The molecule has 0 spiro atoms. The lowest BCUT2D eigenvalue weighted by atomic mass is 9.33. The maximum Gasteiger partial charge on any atom is 0.252 e. The van der Waals surface area contributed by atoms with E-state index in [1.807, 2.05) is 24.3 Å². The number of rotatable bonds is 14. The van der Waals surface area contributed by atoms with Crippen LogP contribution in [0.2, 0.25) is 0 Å². The van der Waals surface area contributed by atoms with Gasteiger partial charge in [-0.15, -0.1) is 0 Å². The molecule has 2 aliphatic heterocycles. The van der Waals surface area contributed by atoms with Crippen molar-refractivity contribution in [3.05, 3.63) is 453 Å². The Labute approximate surface area is 739 Å². The Morgan fingerprint density at radius 1 is 0.228 bits per heavy atom. The van der Waals surface area contributed by atoms with Crippen molar-refractivity contribution in [2.45, 2.75) is 26.2 Å². The molecular formula is C120H81BN6. The highest BCUT2D eigenvalue weighted by Gasteiger charge is 2.47. The van der Waals surface area contributed by atoms with Crippen molar-refractivity contribution in [3.8, 4) is 135 Å². The topological polar surface area (TPSA) is 63.9 Å². The first kappa shape index (κ1) is 75.4. The number of hydrogen-bond acceptors (Lipinski definition) is 4. The second kappa shape index (κ2) is 30.8. The molecule has 0 fully saturated rings. The van der Waals surface area contributed by atoms with Crippen LogP contribution in [0.1, 0.15) is 37.5 Å². The summed E-state index contributed by atoms with van der Waals surface area (Å²) in [6, 6.07) is 166. The molecule has 127 heavy (non-hydrogen) atoms. The zero-order valence-electron chi connectivity index (χ0n) is 70.3. The Morgan fingerprint density at radius 3 is 0.787 bits per heavy atom. The highest BCUT2D eigenvalue weighted by molar-refractivity contribution is 7.00. The Hall–Kier alpha value is -16.6. The highest BCUT2D eigenvalue weighted by Crippen LogP contribution is 2.57. The third-order valence-corrected chi connectivity index (χ3v) is 26.1. The maximum atomic E-state index is 10.5. The number of anilines is 6. The minimum absolute atomic E-state index is 0.392. The first-order valence-corrected chi connectivity index (χ1v) is 43.6. The van der Waals surface area contributed by atoms with Crippen molar-refractivity contribution < 1.29 is 0 Å². The van der Waals surface area contributed by atoms with Crippen LogP contribution in [0, 0.1) is 22.7 Å². The lowest BCUT2D eigenvalue weighted by Gasteiger charge is -2.46. The maximum absolute atomic E-state index is 10.5. The largest absolute Gasteiger partial charge is 0.310 e. The summed E-state index contributed by atoms with van der Waals surface area (Å²) in [7, 11) is 0. The van der Waals surface area contributed by atoms with E-state index in [-0.39, 0.29) is 0 Å². The van der Waals surface area contributed by atoms with E-state index in [1.165, 1.54) is 21.5 Å². The van der Waals surface area contributed by atoms with E-state index >= 15 is 0 Å². The Bertz CT molecular complexity index is 7280. The smallest absolute Gasteiger partial charge is 0.252 e. The fourth-order valence-corrected chi connectivity index (χ4v) is 20.0. The first-order chi connectivity index (χ1) is 62.5. The average Bonchev–Trinajstić information content (AvgIpc) is 0.823. The summed E-state index contributed by atoms with van der Waals surface area (Å²) in [4.78, 5) is 5.40. The molecule has 0 N–H and O–H groups in total. The predicted octanol–water partition coefficient (Wildman–Crippen LogP) is 29.7. The first-order valence-electron chi connectivity index (χ1n) is 43.6. The molecule has 4 heterocycles. The standard InChI is InChI=1S/C120H81BN6/c1-120(2,3)96-72-115-117-116(73-96)127(119-105(92-42-26-38-88(66-92)82-32-12-6-13-33-82)70-95(85-58-54-79(77-123)55-59-85)71-106(119)93-43-27-39-89(67-93)83-34-14-7-15-35-83)114-75-98(125-111-50-22-18-46-101(111)102-47-19-23-51-112(102)125)61-63-108(114)121(117)107-62-60-97(124-109-48-20-16-44-99(109)100-45-17-21-49-110(100)124)74-113(107)126(115)118-103(90-40-24-36-86(64-90)80-28-8-4-9-29-80)68-94(84-56-52-78(76-122)53-57-84)69-104(118)91-41-25-37-87(65-91)81-30-10-5-11-31-81/h4-75H,1-3H3. The molecule has 23 rings (SSSR count). The van der Waals surface area contributed by atoms with Gasteiger partial charge in [-0.3, -0.25) is 0 Å². The van der Waals surface area contributed by atoms with E-state index in [2.05, 4.69) is 464 Å². The molecule has 0 saturated heterocycles. The quantitative estimate of drug-likeness (QED) is 0.102. The van der Waals surface area contributed by atoms with Crippen LogP contribution in [0.3, 0.4) is 0 Å². The molecule has 0 unspecified atom stereocenters. The molecule has 594 valence electrons. The fraction of sp³-hybridized carbons (Fsp3) is 0.0333. The summed E-state index contributed by atoms with van der Waals surface area (Å²) >= 11 is 0. The van der Waals surface area contributed by atoms with Crippen LogP contribution in [0.15, 0.2) is 437 Å². The minimum atomic E-state index is -0.479. The van der Waals surface area contributed by atoms with Gasteiger partial charge in [0.1, 0.15) is 0 Å². The molecule has 0 atom stereocenters. The monoisotopic (exact) mass is 1620 g/mol. The Morgan fingerprint density at radius 2 is 0.496 bits per heavy atom. The van der Waals surface area contributed by atoms with Crippen LogP contribution in [-0.4, -0.2) is 15.8 Å². The molecule has 0 aliphatic carbocycles. The zero-order chi connectivity index (χ0) is 85.0. The van der Waals surface area contributed by atoms with Crippen LogP contribution in [0.4, 0.5) is 34.1 Å². The number of nitrogens with zero attached hydrogens (tertiary/aromatic N) is 6. The van der Waals surface area contributed by atoms with Crippen molar-refractivity contribution in [1.29, 1.82) is 10.5 Å². The average molecular weight is 1620 g/mol. The molecule has 0 radical (unpaired) electrons. The number of para-hydroxylation sites is 4. The van der Waals surface area contributed by atoms with Gasteiger partial charge in [0.05, 0.1) is 56.7 Å². The van der Waals surface area contributed by atoms with E-state index in [1.54, 1.807) is 0 Å². The van der Waals surface area contributed by atoms with Crippen LogP contribution in [0.5, 0.6) is 0 Å². The summed E-state index contributed by atoms with van der Waals surface area (Å²) < 4.78 is 4.97. The molecule has 0 bridgehead atoms. The van der Waals surface area contributed by atoms with E-state index in [4.69, 9.17) is 0 Å². The van der Waals surface area contributed by atoms with Gasteiger partial charge in [0.25, 0.3) is 6.71 Å². The summed E-state index contributed by atoms with van der Waals surface area (Å²) in [5.74, 6) is 0. The van der Waals surface area contributed by atoms with Gasteiger partial charge in [-0.2, -0.15) is 10.5 Å². The van der Waals surface area contributed by atoms with Crippen molar-refractivity contribution in [2.24, 2.45) is 0 Å². The zero-order valence-corrected chi connectivity index (χ0v) is 70.3. The third kappa shape index (κ3) is 13.0. The van der Waals surface area contributed by atoms with Crippen LogP contribution >= 0.6 is 0 Å². The van der Waals surface area contributed by atoms with Gasteiger partial charge in [0.15, 0.2) is 0 Å². The van der Waals surface area contributed by atoms with Crippen molar-refractivity contribution in [3.63, 3.8) is 0 Å². The molecule has 7 heteroatoms. The van der Waals surface area contributed by atoms with Gasteiger partial charge in [0.2, 0.25) is 0 Å². The summed E-state index contributed by atoms with van der Waals surface area (Å²) in [6.45, 7) is 6.74. The summed E-state index contributed by atoms with van der Waals surface area (Å²) in [5, 5.41) is 25.7. The van der Waals surface area contributed by atoms with Gasteiger partial charge >= 0.3 is 0 Å². The lowest BCUT2D eigenvalue weighted by molar-refractivity contribution is 0.590. The van der Waals surface area contributed by atoms with Crippen LogP contribution < -0.4 is 26.2 Å². The molecule has 0 amide bonds. The Balaban J connectivity index is 0.909. The van der Waals surface area contributed by atoms with Crippen LogP contribution in [-0.2, 0) is 5.41 Å².